The number of unbranched alkanes of at least 4 members (excludes halogenated alkanes) is 2. The number of esters is 1. The monoisotopic (exact) mass is 660 g/mol. The zero-order valence-electron chi connectivity index (χ0n) is 30.1. The number of ether oxygens (including phenoxy) is 1. The van der Waals surface area contributed by atoms with Gasteiger partial charge in [-0.1, -0.05) is 81.2 Å². The highest BCUT2D eigenvalue weighted by molar-refractivity contribution is 8.00. The molecule has 7 heteroatoms. The zero-order valence-corrected chi connectivity index (χ0v) is 30.9. The van der Waals surface area contributed by atoms with Crippen molar-refractivity contribution in [2.45, 2.75) is 143 Å². The average Bonchev–Trinajstić information content (AvgIpc) is 3.28. The highest BCUT2D eigenvalue weighted by atomic mass is 32.2. The van der Waals surface area contributed by atoms with E-state index in [1.165, 1.54) is 23.9 Å². The molecule has 0 amide bonds. The summed E-state index contributed by atoms with van der Waals surface area (Å²) in [4.78, 5) is 14.2. The van der Waals surface area contributed by atoms with Gasteiger partial charge in [-0.25, -0.2) is 0 Å². The van der Waals surface area contributed by atoms with Crippen LogP contribution in [0.3, 0.4) is 0 Å². The maximum absolute atomic E-state index is 14.5. The number of aryl methyl sites for hydroxylation is 1. The van der Waals surface area contributed by atoms with Crippen molar-refractivity contribution in [3.8, 4) is 11.3 Å². The van der Waals surface area contributed by atoms with Crippen LogP contribution in [0, 0.1) is 16.2 Å². The molecule has 1 heterocycles. The molecule has 2 aromatic carbocycles. The number of rotatable bonds is 12. The largest absolute Gasteiger partial charge is 0.459 e. The molecule has 1 unspecified atom stereocenters. The van der Waals surface area contributed by atoms with Gasteiger partial charge in [0, 0.05) is 27.0 Å². The van der Waals surface area contributed by atoms with Crippen LogP contribution in [0.1, 0.15) is 126 Å². The van der Waals surface area contributed by atoms with Gasteiger partial charge in [-0.3, -0.25) is 4.79 Å². The normalized spacial score (nSPS) is 14.8. The molecule has 46 heavy (non-hydrogen) atoms. The van der Waals surface area contributed by atoms with Crippen LogP contribution in [-0.2, 0) is 22.1 Å². The molecule has 0 aliphatic rings. The molecule has 0 aliphatic heterocycles. The van der Waals surface area contributed by atoms with Gasteiger partial charge in [-0.2, -0.15) is 13.2 Å². The molecule has 3 aromatic rings. The Morgan fingerprint density at radius 1 is 0.826 bits per heavy atom. The van der Waals surface area contributed by atoms with Crippen LogP contribution in [-0.4, -0.2) is 16.3 Å². The van der Waals surface area contributed by atoms with E-state index in [4.69, 9.17) is 9.15 Å². The molecule has 0 saturated heterocycles. The van der Waals surface area contributed by atoms with Gasteiger partial charge in [0.25, 0.3) is 0 Å². The quantitative estimate of drug-likeness (QED) is 0.110. The molecule has 256 valence electrons. The van der Waals surface area contributed by atoms with E-state index in [0.29, 0.717) is 23.3 Å². The first-order chi connectivity index (χ1) is 20.9. The molecule has 0 fully saturated rings. The number of alkyl halides is 3. The molecule has 3 nitrogen and oxygen atoms in total. The summed E-state index contributed by atoms with van der Waals surface area (Å²) < 4.78 is 55.0. The molecule has 0 N–H and O–H groups in total. The fraction of sp³-hybridized carbons (Fsp3) is 0.615. The number of carbonyl (C=O) groups excluding carboxylic acids is 1. The lowest BCUT2D eigenvalue weighted by atomic mass is 9.61. The molecule has 3 rings (SSSR count). The minimum absolute atomic E-state index is 0.0213. The average molecular weight is 661 g/mol. The molecule has 0 radical (unpaired) electrons. The minimum Gasteiger partial charge on any atom is -0.459 e. The molecule has 0 spiro atoms. The highest BCUT2D eigenvalue weighted by Gasteiger charge is 2.49. The number of hydrogen-bond donors (Lipinski definition) is 0. The number of halogens is 3. The smallest absolute Gasteiger partial charge is 0.417 e. The summed E-state index contributed by atoms with van der Waals surface area (Å²) in [6, 6.07) is 12.0. The van der Waals surface area contributed by atoms with Crippen LogP contribution < -0.4 is 0 Å². The number of fused-ring (bicyclic) bond motifs is 1. The van der Waals surface area contributed by atoms with Crippen LogP contribution in [0.15, 0.2) is 51.8 Å². The summed E-state index contributed by atoms with van der Waals surface area (Å²) in [6.07, 6.45) is 0.814. The van der Waals surface area contributed by atoms with Gasteiger partial charge in [0.1, 0.15) is 16.9 Å². The first-order valence-corrected chi connectivity index (χ1v) is 17.3. The molecular weight excluding hydrogens is 605 g/mol. The second-order valence-corrected chi connectivity index (χ2v) is 18.4. The van der Waals surface area contributed by atoms with E-state index >= 15 is 0 Å². The second-order valence-electron chi connectivity index (χ2n) is 16.7. The van der Waals surface area contributed by atoms with Crippen LogP contribution >= 0.6 is 11.8 Å². The van der Waals surface area contributed by atoms with Gasteiger partial charge in [0.15, 0.2) is 0 Å². The second kappa shape index (κ2) is 13.6. The van der Waals surface area contributed by atoms with Crippen molar-refractivity contribution >= 4 is 28.7 Å². The lowest BCUT2D eigenvalue weighted by Gasteiger charge is -2.45. The molecule has 0 aliphatic carbocycles. The van der Waals surface area contributed by atoms with Crippen molar-refractivity contribution in [3.05, 3.63) is 53.6 Å². The zero-order chi connectivity index (χ0) is 34.9. The Labute approximate surface area is 279 Å². The SMILES string of the molecule is CCCCCc1ccc2oc(-c3ccc(SC(C)(C)CC(C)(C)OC(=O)C(C)(CC(C)(C)C)C(C)(C)C)cc3C(F)(F)F)cc2c1. The Morgan fingerprint density at radius 3 is 2.04 bits per heavy atom. The van der Waals surface area contributed by atoms with Crippen molar-refractivity contribution in [2.24, 2.45) is 16.2 Å². The van der Waals surface area contributed by atoms with Crippen molar-refractivity contribution in [3.63, 3.8) is 0 Å². The van der Waals surface area contributed by atoms with E-state index < -0.39 is 27.5 Å². The van der Waals surface area contributed by atoms with Gasteiger partial charge < -0.3 is 9.15 Å². The third-order valence-corrected chi connectivity index (χ3v) is 10.0. The topological polar surface area (TPSA) is 39.4 Å². The van der Waals surface area contributed by atoms with E-state index in [9.17, 15) is 18.0 Å². The van der Waals surface area contributed by atoms with Gasteiger partial charge >= 0.3 is 12.1 Å². The molecule has 1 atom stereocenters. The fourth-order valence-corrected chi connectivity index (χ4v) is 7.85. The summed E-state index contributed by atoms with van der Waals surface area (Å²) in [5.41, 5.74) is -0.948. The van der Waals surface area contributed by atoms with E-state index in [1.807, 2.05) is 52.8 Å². The van der Waals surface area contributed by atoms with Crippen LogP contribution in [0.5, 0.6) is 0 Å². The lowest BCUT2D eigenvalue weighted by molar-refractivity contribution is -0.179. The highest BCUT2D eigenvalue weighted by Crippen LogP contribution is 2.49. The number of benzene rings is 2. The third-order valence-electron chi connectivity index (χ3n) is 8.82. The number of carbonyl (C=O) groups is 1. The Bertz CT molecular complexity index is 1500. The first kappa shape index (κ1) is 38.0. The van der Waals surface area contributed by atoms with Crippen LogP contribution in [0.2, 0.25) is 0 Å². The van der Waals surface area contributed by atoms with Crippen molar-refractivity contribution in [2.75, 3.05) is 0 Å². The van der Waals surface area contributed by atoms with E-state index in [-0.39, 0.29) is 28.1 Å². The predicted molar refractivity (Wildman–Crippen MR) is 186 cm³/mol. The van der Waals surface area contributed by atoms with E-state index in [0.717, 1.165) is 36.6 Å². The van der Waals surface area contributed by atoms with Gasteiger partial charge in [-0.15, -0.1) is 11.8 Å². The van der Waals surface area contributed by atoms with Crippen molar-refractivity contribution in [1.82, 2.24) is 0 Å². The predicted octanol–water partition coefficient (Wildman–Crippen LogP) is 12.9. The van der Waals surface area contributed by atoms with Gasteiger partial charge in [0.05, 0.1) is 11.0 Å². The molecular formula is C39H55F3O3S. The standard InChI is InChI=1S/C39H55F3O3S/c1-13-14-15-16-26-17-20-31-27(21-26)22-32(44-31)29-19-18-28(23-30(29)39(40,41)42)46-37(10,11)25-36(8,9)45-33(43)38(12,35(5,6)7)24-34(2,3)4/h17-23H,13-16,24-25H2,1-12H3. The number of thioether (sulfide) groups is 1. The summed E-state index contributed by atoms with van der Waals surface area (Å²) >= 11 is 1.35. The Hall–Kier alpha value is -2.41. The molecule has 0 saturated carbocycles. The first-order valence-electron chi connectivity index (χ1n) is 16.5. The number of furan rings is 1. The summed E-state index contributed by atoms with van der Waals surface area (Å²) in [7, 11) is 0. The van der Waals surface area contributed by atoms with Gasteiger partial charge in [0.2, 0.25) is 0 Å². The van der Waals surface area contributed by atoms with E-state index in [2.05, 4.69) is 48.5 Å². The Kier molecular flexibility index (Phi) is 11.3. The van der Waals surface area contributed by atoms with Crippen LogP contribution in [0.25, 0.3) is 22.3 Å². The Balaban J connectivity index is 1.85. The fourth-order valence-electron chi connectivity index (χ4n) is 6.48. The summed E-state index contributed by atoms with van der Waals surface area (Å²) in [5, 5.41) is 0.804. The molecule has 0 bridgehead atoms. The maximum atomic E-state index is 14.5. The maximum Gasteiger partial charge on any atom is 0.417 e. The Morgan fingerprint density at radius 2 is 1.48 bits per heavy atom. The third kappa shape index (κ3) is 9.81. The lowest BCUT2D eigenvalue weighted by Crippen LogP contribution is -2.48. The minimum atomic E-state index is -4.57. The van der Waals surface area contributed by atoms with Gasteiger partial charge in [-0.05, 0) is 92.8 Å². The molecule has 1 aromatic heterocycles. The van der Waals surface area contributed by atoms with Crippen molar-refractivity contribution < 1.29 is 27.1 Å². The number of hydrogen-bond acceptors (Lipinski definition) is 4. The summed E-state index contributed by atoms with van der Waals surface area (Å²) in [6.45, 7) is 24.4. The van der Waals surface area contributed by atoms with Crippen LogP contribution in [0.4, 0.5) is 13.2 Å². The summed E-state index contributed by atoms with van der Waals surface area (Å²) in [5.74, 6) is -0.0441. The van der Waals surface area contributed by atoms with E-state index in [1.54, 1.807) is 12.1 Å². The van der Waals surface area contributed by atoms with Crippen molar-refractivity contribution in [1.29, 1.82) is 0 Å².